The van der Waals surface area contributed by atoms with Crippen LogP contribution in [0.25, 0.3) is 0 Å². The smallest absolute Gasteiger partial charge is 0.226 e. The van der Waals surface area contributed by atoms with E-state index in [1.54, 1.807) is 0 Å². The maximum absolute atomic E-state index is 11.6. The van der Waals surface area contributed by atoms with E-state index in [-0.39, 0.29) is 11.9 Å². The van der Waals surface area contributed by atoms with Gasteiger partial charge < -0.3 is 15.4 Å². The molecule has 20 heavy (non-hydrogen) atoms. The minimum absolute atomic E-state index is 0.0874. The predicted octanol–water partition coefficient (Wildman–Crippen LogP) is 2.55. The highest BCUT2D eigenvalue weighted by atomic mass is 32.1. The molecule has 1 amide bonds. The van der Waals surface area contributed by atoms with Crippen molar-refractivity contribution >= 4 is 23.2 Å². The second-order valence-electron chi connectivity index (χ2n) is 4.94. The Morgan fingerprint density at radius 2 is 1.95 bits per heavy atom. The Balaban J connectivity index is 2.16. The zero-order valence-corrected chi connectivity index (χ0v) is 13.0. The summed E-state index contributed by atoms with van der Waals surface area (Å²) in [5.74, 6) is 0.739. The lowest BCUT2D eigenvalue weighted by molar-refractivity contribution is -0.119. The highest BCUT2D eigenvalue weighted by Gasteiger charge is 2.05. The summed E-state index contributed by atoms with van der Waals surface area (Å²) in [5, 5.41) is 5.99. The van der Waals surface area contributed by atoms with Gasteiger partial charge in [-0.15, -0.1) is 0 Å². The number of aryl methyl sites for hydroxylation is 1. The number of benzene rings is 1. The van der Waals surface area contributed by atoms with Gasteiger partial charge >= 0.3 is 0 Å². The molecule has 0 saturated heterocycles. The van der Waals surface area contributed by atoms with Crippen LogP contribution >= 0.6 is 12.2 Å². The van der Waals surface area contributed by atoms with E-state index in [0.29, 0.717) is 24.6 Å². The lowest BCUT2D eigenvalue weighted by Crippen LogP contribution is -2.42. The monoisotopic (exact) mass is 294 g/mol. The van der Waals surface area contributed by atoms with E-state index in [9.17, 15) is 4.79 Å². The van der Waals surface area contributed by atoms with Crippen molar-refractivity contribution in [3.63, 3.8) is 0 Å². The summed E-state index contributed by atoms with van der Waals surface area (Å²) in [6, 6.07) is 8.07. The van der Waals surface area contributed by atoms with Crippen LogP contribution in [0.1, 0.15) is 32.3 Å². The van der Waals surface area contributed by atoms with Gasteiger partial charge in [0.05, 0.1) is 6.61 Å². The van der Waals surface area contributed by atoms with Crippen molar-refractivity contribution in [2.45, 2.75) is 39.7 Å². The summed E-state index contributed by atoms with van der Waals surface area (Å²) < 4.78 is 5.55. The molecule has 1 aromatic rings. The third-order valence-electron chi connectivity index (χ3n) is 2.51. The quantitative estimate of drug-likeness (QED) is 0.625. The Morgan fingerprint density at radius 3 is 2.55 bits per heavy atom. The van der Waals surface area contributed by atoms with Crippen LogP contribution < -0.4 is 15.4 Å². The number of nitrogens with one attached hydrogen (secondary N) is 2. The molecule has 2 N–H and O–H groups in total. The van der Waals surface area contributed by atoms with Crippen molar-refractivity contribution in [3.8, 4) is 5.75 Å². The molecule has 1 aromatic carbocycles. The van der Waals surface area contributed by atoms with Crippen molar-refractivity contribution < 1.29 is 9.53 Å². The highest BCUT2D eigenvalue weighted by Crippen LogP contribution is 2.11. The van der Waals surface area contributed by atoms with Crippen molar-refractivity contribution in [2.24, 2.45) is 0 Å². The molecule has 0 aliphatic heterocycles. The largest absolute Gasteiger partial charge is 0.494 e. The zero-order valence-electron chi connectivity index (χ0n) is 12.2. The van der Waals surface area contributed by atoms with Crippen molar-refractivity contribution in [3.05, 3.63) is 29.8 Å². The van der Waals surface area contributed by atoms with Gasteiger partial charge in [-0.05, 0) is 51.5 Å². The molecule has 0 saturated carbocycles. The van der Waals surface area contributed by atoms with Crippen molar-refractivity contribution in [1.29, 1.82) is 0 Å². The molecular formula is C15H22N2O2S. The number of hydrogen-bond acceptors (Lipinski definition) is 3. The SMILES string of the molecule is Cc1ccc(OCCCC(=O)NC(=S)NC(C)C)cc1. The van der Waals surface area contributed by atoms with Gasteiger partial charge in [0, 0.05) is 12.5 Å². The van der Waals surface area contributed by atoms with Gasteiger partial charge in [-0.2, -0.15) is 0 Å². The van der Waals surface area contributed by atoms with E-state index in [4.69, 9.17) is 17.0 Å². The van der Waals surface area contributed by atoms with E-state index < -0.39 is 0 Å². The molecule has 0 heterocycles. The Bertz CT molecular complexity index is 444. The second kappa shape index (κ2) is 8.53. The van der Waals surface area contributed by atoms with Crippen LogP contribution in [0.5, 0.6) is 5.75 Å². The van der Waals surface area contributed by atoms with Crippen LogP contribution in [-0.4, -0.2) is 23.7 Å². The van der Waals surface area contributed by atoms with Gasteiger partial charge in [-0.25, -0.2) is 0 Å². The number of rotatable bonds is 6. The number of amides is 1. The number of ether oxygens (including phenoxy) is 1. The highest BCUT2D eigenvalue weighted by molar-refractivity contribution is 7.80. The number of thiocarbonyl (C=S) groups is 1. The van der Waals surface area contributed by atoms with E-state index in [1.165, 1.54) is 5.56 Å². The molecule has 110 valence electrons. The van der Waals surface area contributed by atoms with Gasteiger partial charge in [0.1, 0.15) is 5.75 Å². The fraction of sp³-hybridized carbons (Fsp3) is 0.467. The first-order valence-corrected chi connectivity index (χ1v) is 7.18. The molecule has 0 radical (unpaired) electrons. The fourth-order valence-corrected chi connectivity index (χ4v) is 1.89. The standard InChI is InChI=1S/C15H22N2O2S/c1-11(2)16-15(20)17-14(18)5-4-10-19-13-8-6-12(3)7-9-13/h6-9,11H,4-5,10H2,1-3H3,(H2,16,17,18,20). The number of carbonyl (C=O) groups is 1. The van der Waals surface area contributed by atoms with Gasteiger partial charge in [0.25, 0.3) is 0 Å². The molecular weight excluding hydrogens is 272 g/mol. The average molecular weight is 294 g/mol. The molecule has 5 heteroatoms. The molecule has 0 aromatic heterocycles. The molecule has 0 atom stereocenters. The summed E-state index contributed by atoms with van der Waals surface area (Å²) in [6.45, 7) is 6.48. The van der Waals surface area contributed by atoms with Crippen LogP contribution in [0.15, 0.2) is 24.3 Å². The zero-order chi connectivity index (χ0) is 15.0. The van der Waals surface area contributed by atoms with Gasteiger partial charge in [-0.3, -0.25) is 4.79 Å². The van der Waals surface area contributed by atoms with Crippen LogP contribution in [0.2, 0.25) is 0 Å². The van der Waals surface area contributed by atoms with Gasteiger partial charge in [0.2, 0.25) is 5.91 Å². The predicted molar refractivity (Wildman–Crippen MR) is 84.9 cm³/mol. The molecule has 0 aliphatic carbocycles. The minimum atomic E-state index is -0.0874. The lowest BCUT2D eigenvalue weighted by Gasteiger charge is -2.12. The first kappa shape index (κ1) is 16.4. The maximum Gasteiger partial charge on any atom is 0.226 e. The van der Waals surface area contributed by atoms with E-state index >= 15 is 0 Å². The van der Waals surface area contributed by atoms with Crippen molar-refractivity contribution in [2.75, 3.05) is 6.61 Å². The Kier molecular flexibility index (Phi) is 7.01. The summed E-state index contributed by atoms with van der Waals surface area (Å²) in [7, 11) is 0. The molecule has 0 aliphatic rings. The Morgan fingerprint density at radius 1 is 1.30 bits per heavy atom. The topological polar surface area (TPSA) is 50.4 Å². The fourth-order valence-electron chi connectivity index (χ4n) is 1.54. The number of hydrogen-bond donors (Lipinski definition) is 2. The minimum Gasteiger partial charge on any atom is -0.494 e. The molecule has 0 bridgehead atoms. The normalized spacial score (nSPS) is 10.2. The first-order valence-electron chi connectivity index (χ1n) is 6.77. The van der Waals surface area contributed by atoms with Gasteiger partial charge in [0.15, 0.2) is 5.11 Å². The molecule has 1 rings (SSSR count). The molecule has 0 fully saturated rings. The van der Waals surface area contributed by atoms with E-state index in [2.05, 4.69) is 10.6 Å². The summed E-state index contributed by atoms with van der Waals surface area (Å²) in [5.41, 5.74) is 1.20. The third-order valence-corrected chi connectivity index (χ3v) is 2.73. The molecule has 0 unspecified atom stereocenters. The van der Waals surface area contributed by atoms with Crippen LogP contribution in [0.3, 0.4) is 0 Å². The van der Waals surface area contributed by atoms with Crippen molar-refractivity contribution in [1.82, 2.24) is 10.6 Å². The first-order chi connectivity index (χ1) is 9.47. The lowest BCUT2D eigenvalue weighted by atomic mass is 10.2. The van der Waals surface area contributed by atoms with Gasteiger partial charge in [-0.1, -0.05) is 17.7 Å². The second-order valence-corrected chi connectivity index (χ2v) is 5.35. The summed E-state index contributed by atoms with van der Waals surface area (Å²) >= 11 is 5.00. The average Bonchev–Trinajstić information content (AvgIpc) is 2.35. The van der Waals surface area contributed by atoms with Crippen LogP contribution in [0.4, 0.5) is 0 Å². The van der Waals surface area contributed by atoms with E-state index in [0.717, 1.165) is 5.75 Å². The van der Waals surface area contributed by atoms with E-state index in [1.807, 2.05) is 45.0 Å². The summed E-state index contributed by atoms with van der Waals surface area (Å²) in [4.78, 5) is 11.6. The molecule has 0 spiro atoms. The van der Waals surface area contributed by atoms with Crippen LogP contribution in [-0.2, 0) is 4.79 Å². The Labute approximate surface area is 125 Å². The number of carbonyl (C=O) groups excluding carboxylic acids is 1. The maximum atomic E-state index is 11.6. The Hall–Kier alpha value is -1.62. The molecule has 4 nitrogen and oxygen atoms in total. The third kappa shape index (κ3) is 7.09. The van der Waals surface area contributed by atoms with Crippen LogP contribution in [0, 0.1) is 6.92 Å². The summed E-state index contributed by atoms with van der Waals surface area (Å²) in [6.07, 6.45) is 1.05.